The molecule has 0 atom stereocenters. The topological polar surface area (TPSA) is 56.1 Å². The Morgan fingerprint density at radius 2 is 2.00 bits per heavy atom. The fourth-order valence-electron chi connectivity index (χ4n) is 2.59. The summed E-state index contributed by atoms with van der Waals surface area (Å²) in [5, 5.41) is 11.8. The van der Waals surface area contributed by atoms with Gasteiger partial charge < -0.3 is 5.32 Å². The molecule has 1 aromatic rings. The highest BCUT2D eigenvalue weighted by Gasteiger charge is 2.24. The number of benzene rings is 1. The molecule has 1 N–H and O–H groups in total. The van der Waals surface area contributed by atoms with E-state index in [4.69, 9.17) is 5.26 Å². The van der Waals surface area contributed by atoms with Gasteiger partial charge in [-0.05, 0) is 37.1 Å². The highest BCUT2D eigenvalue weighted by Crippen LogP contribution is 2.23. The third-order valence-corrected chi connectivity index (χ3v) is 4.12. The van der Waals surface area contributed by atoms with Gasteiger partial charge in [-0.15, -0.1) is 0 Å². The van der Waals surface area contributed by atoms with Gasteiger partial charge in [0.15, 0.2) is 0 Å². The van der Waals surface area contributed by atoms with Gasteiger partial charge >= 0.3 is 0 Å². The Labute approximate surface area is 127 Å². The lowest BCUT2D eigenvalue weighted by Gasteiger charge is -2.25. The van der Waals surface area contributed by atoms with Crippen LogP contribution in [0.3, 0.4) is 0 Å². The molecular weight excluding hydrogens is 318 g/mol. The molecule has 20 heavy (non-hydrogen) atoms. The van der Waals surface area contributed by atoms with Crippen molar-refractivity contribution in [2.75, 3.05) is 18.4 Å². The van der Waals surface area contributed by atoms with Crippen molar-refractivity contribution in [2.45, 2.75) is 31.7 Å². The first-order chi connectivity index (χ1) is 9.69. The maximum atomic E-state index is 12.1. The van der Waals surface area contributed by atoms with Crippen LogP contribution >= 0.6 is 15.9 Å². The summed E-state index contributed by atoms with van der Waals surface area (Å²) in [4.78, 5) is 14.1. The van der Waals surface area contributed by atoms with Gasteiger partial charge in [0.1, 0.15) is 0 Å². The lowest BCUT2D eigenvalue weighted by atomic mass is 10.2. The quantitative estimate of drug-likeness (QED) is 0.841. The summed E-state index contributed by atoms with van der Waals surface area (Å²) in [6, 6.07) is 10.0. The first-order valence-corrected chi connectivity index (χ1v) is 7.65. The van der Waals surface area contributed by atoms with Crippen LogP contribution in [-0.4, -0.2) is 29.9 Å². The summed E-state index contributed by atoms with van der Waals surface area (Å²) in [6.45, 7) is 0.604. The van der Waals surface area contributed by atoms with Crippen LogP contribution in [0.1, 0.15) is 25.7 Å². The van der Waals surface area contributed by atoms with Gasteiger partial charge in [0.25, 0.3) is 0 Å². The molecule has 0 saturated heterocycles. The summed E-state index contributed by atoms with van der Waals surface area (Å²) in [6.07, 6.45) is 4.57. The van der Waals surface area contributed by atoms with Crippen LogP contribution in [0, 0.1) is 11.3 Å². The molecule has 0 unspecified atom stereocenters. The second-order valence-corrected chi connectivity index (χ2v) is 5.97. The van der Waals surface area contributed by atoms with Gasteiger partial charge in [0.05, 0.1) is 19.2 Å². The molecule has 1 aliphatic carbocycles. The zero-order valence-corrected chi connectivity index (χ0v) is 12.9. The first-order valence-electron chi connectivity index (χ1n) is 6.85. The Kier molecular flexibility index (Phi) is 5.57. The molecule has 0 heterocycles. The highest BCUT2D eigenvalue weighted by atomic mass is 79.9. The predicted octanol–water partition coefficient (Wildman–Crippen LogP) is 3.16. The summed E-state index contributed by atoms with van der Waals surface area (Å²) >= 11 is 3.36. The van der Waals surface area contributed by atoms with Crippen LogP contribution in [0.25, 0.3) is 0 Å². The number of hydrogen-bond acceptors (Lipinski definition) is 3. The first kappa shape index (κ1) is 15.0. The van der Waals surface area contributed by atoms with E-state index in [2.05, 4.69) is 27.3 Å². The molecular formula is C15H18BrN3O. The fraction of sp³-hybridized carbons (Fsp3) is 0.467. The maximum absolute atomic E-state index is 12.1. The third-order valence-electron chi connectivity index (χ3n) is 3.59. The number of rotatable bonds is 5. The molecule has 106 valence electrons. The van der Waals surface area contributed by atoms with Crippen LogP contribution in [0.5, 0.6) is 0 Å². The fourth-order valence-corrected chi connectivity index (χ4v) is 2.86. The summed E-state index contributed by atoms with van der Waals surface area (Å²) < 4.78 is 0.979. The Bertz CT molecular complexity index is 489. The number of carbonyl (C=O) groups is 1. The molecule has 1 saturated carbocycles. The molecule has 4 nitrogen and oxygen atoms in total. The molecule has 0 aromatic heterocycles. The molecule has 0 bridgehead atoms. The van der Waals surface area contributed by atoms with E-state index in [1.54, 1.807) is 0 Å². The van der Waals surface area contributed by atoms with Crippen molar-refractivity contribution < 1.29 is 4.79 Å². The predicted molar refractivity (Wildman–Crippen MR) is 82.2 cm³/mol. The molecule has 1 fully saturated rings. The number of nitrogens with one attached hydrogen (secondary N) is 1. The largest absolute Gasteiger partial charge is 0.325 e. The number of halogens is 1. The van der Waals surface area contributed by atoms with Gasteiger partial charge in [0, 0.05) is 16.2 Å². The van der Waals surface area contributed by atoms with E-state index in [1.807, 2.05) is 29.2 Å². The van der Waals surface area contributed by atoms with Crippen LogP contribution < -0.4 is 5.32 Å². The number of anilines is 1. The minimum atomic E-state index is -0.0607. The van der Waals surface area contributed by atoms with Gasteiger partial charge in [-0.3, -0.25) is 9.69 Å². The Morgan fingerprint density at radius 3 is 2.60 bits per heavy atom. The van der Waals surface area contributed by atoms with Gasteiger partial charge in [-0.1, -0.05) is 28.8 Å². The van der Waals surface area contributed by atoms with Crippen LogP contribution in [-0.2, 0) is 4.79 Å². The van der Waals surface area contributed by atoms with Crippen molar-refractivity contribution in [1.82, 2.24) is 4.90 Å². The zero-order chi connectivity index (χ0) is 14.4. The van der Waals surface area contributed by atoms with Crippen molar-refractivity contribution in [3.8, 4) is 6.07 Å². The summed E-state index contributed by atoms with van der Waals surface area (Å²) in [5.41, 5.74) is 0.779. The Morgan fingerprint density at radius 1 is 1.35 bits per heavy atom. The molecule has 0 spiro atoms. The molecule has 1 aliphatic rings. The average molecular weight is 336 g/mol. The molecule has 0 radical (unpaired) electrons. The van der Waals surface area contributed by atoms with Crippen LogP contribution in [0.4, 0.5) is 5.69 Å². The minimum absolute atomic E-state index is 0.0607. The lowest BCUT2D eigenvalue weighted by molar-refractivity contribution is -0.117. The van der Waals surface area contributed by atoms with Crippen LogP contribution in [0.15, 0.2) is 28.7 Å². The van der Waals surface area contributed by atoms with E-state index < -0.39 is 0 Å². The lowest BCUT2D eigenvalue weighted by Crippen LogP contribution is -2.39. The van der Waals surface area contributed by atoms with E-state index in [-0.39, 0.29) is 12.5 Å². The number of hydrogen-bond donors (Lipinski definition) is 1. The number of amides is 1. The number of carbonyl (C=O) groups excluding carboxylic acids is 1. The molecule has 1 aromatic carbocycles. The summed E-state index contributed by atoms with van der Waals surface area (Å²) in [7, 11) is 0. The number of nitrogens with zero attached hydrogens (tertiary/aromatic N) is 2. The normalized spacial score (nSPS) is 15.2. The molecule has 2 rings (SSSR count). The standard InChI is InChI=1S/C15H18BrN3O/c16-12-5-7-13(8-6-12)18-15(20)11-19(10-9-17)14-3-1-2-4-14/h5-8,14H,1-4,10-11H2,(H,18,20). The van der Waals surface area contributed by atoms with E-state index >= 15 is 0 Å². The Balaban J connectivity index is 1.90. The van der Waals surface area contributed by atoms with Crippen molar-refractivity contribution in [1.29, 1.82) is 5.26 Å². The monoisotopic (exact) mass is 335 g/mol. The van der Waals surface area contributed by atoms with Gasteiger partial charge in [-0.2, -0.15) is 5.26 Å². The van der Waals surface area contributed by atoms with Gasteiger partial charge in [0.2, 0.25) is 5.91 Å². The van der Waals surface area contributed by atoms with E-state index in [0.717, 1.165) is 23.0 Å². The highest BCUT2D eigenvalue weighted by molar-refractivity contribution is 9.10. The van der Waals surface area contributed by atoms with E-state index in [9.17, 15) is 4.79 Å². The molecule has 0 aliphatic heterocycles. The minimum Gasteiger partial charge on any atom is -0.325 e. The Hall–Kier alpha value is -1.38. The maximum Gasteiger partial charge on any atom is 0.238 e. The average Bonchev–Trinajstić information content (AvgIpc) is 2.95. The smallest absolute Gasteiger partial charge is 0.238 e. The third kappa shape index (κ3) is 4.32. The van der Waals surface area contributed by atoms with Crippen molar-refractivity contribution in [3.63, 3.8) is 0 Å². The van der Waals surface area contributed by atoms with Crippen molar-refractivity contribution in [3.05, 3.63) is 28.7 Å². The second kappa shape index (κ2) is 7.41. The van der Waals surface area contributed by atoms with E-state index in [1.165, 1.54) is 12.8 Å². The van der Waals surface area contributed by atoms with E-state index in [0.29, 0.717) is 12.6 Å². The SMILES string of the molecule is N#CCN(CC(=O)Nc1ccc(Br)cc1)C1CCCC1. The van der Waals surface area contributed by atoms with Crippen molar-refractivity contribution in [2.24, 2.45) is 0 Å². The molecule has 5 heteroatoms. The van der Waals surface area contributed by atoms with Crippen LogP contribution in [0.2, 0.25) is 0 Å². The molecule has 1 amide bonds. The number of nitriles is 1. The summed E-state index contributed by atoms with van der Waals surface area (Å²) in [5.74, 6) is -0.0607. The van der Waals surface area contributed by atoms with Gasteiger partial charge in [-0.25, -0.2) is 0 Å². The zero-order valence-electron chi connectivity index (χ0n) is 11.3. The van der Waals surface area contributed by atoms with Crippen molar-refractivity contribution >= 4 is 27.5 Å². The second-order valence-electron chi connectivity index (χ2n) is 5.06.